The number of hydrogen-bond acceptors (Lipinski definition) is 7. The van der Waals surface area contributed by atoms with E-state index in [0.717, 1.165) is 16.8 Å². The number of anilines is 1. The molecule has 0 radical (unpaired) electrons. The molecule has 7 heteroatoms. The lowest BCUT2D eigenvalue weighted by Gasteiger charge is -2.10. The molecule has 1 aromatic heterocycles. The predicted molar refractivity (Wildman–Crippen MR) is 107 cm³/mol. The van der Waals surface area contributed by atoms with Gasteiger partial charge in [-0.2, -0.15) is 10.4 Å². The molecule has 0 atom stereocenters. The van der Waals surface area contributed by atoms with Gasteiger partial charge in [0.2, 0.25) is 5.13 Å². The van der Waals surface area contributed by atoms with E-state index in [4.69, 9.17) is 14.7 Å². The molecule has 0 aliphatic carbocycles. The van der Waals surface area contributed by atoms with Gasteiger partial charge in [-0.3, -0.25) is 5.43 Å². The Hall–Kier alpha value is -3.37. The number of benzene rings is 2. The van der Waals surface area contributed by atoms with Crippen molar-refractivity contribution in [1.82, 2.24) is 4.98 Å². The van der Waals surface area contributed by atoms with Crippen LogP contribution in [0.4, 0.5) is 5.13 Å². The van der Waals surface area contributed by atoms with Crippen molar-refractivity contribution in [2.45, 2.75) is 6.92 Å². The number of hydrazone groups is 1. The van der Waals surface area contributed by atoms with Crippen molar-refractivity contribution in [2.24, 2.45) is 5.10 Å². The first-order valence-electron chi connectivity index (χ1n) is 8.36. The van der Waals surface area contributed by atoms with E-state index < -0.39 is 0 Å². The van der Waals surface area contributed by atoms with Gasteiger partial charge in [-0.15, -0.1) is 11.3 Å². The third-order valence-corrected chi connectivity index (χ3v) is 4.25. The van der Waals surface area contributed by atoms with Crippen molar-refractivity contribution < 1.29 is 9.47 Å². The number of hydrogen-bond donors (Lipinski definition) is 1. The summed E-state index contributed by atoms with van der Waals surface area (Å²) in [5.74, 6) is 1.12. The summed E-state index contributed by atoms with van der Waals surface area (Å²) in [6, 6.07) is 17.4. The molecule has 0 aliphatic rings. The number of thiazole rings is 1. The van der Waals surface area contributed by atoms with Crippen LogP contribution in [0.1, 0.15) is 12.5 Å². The molecular weight excluding hydrogens is 360 g/mol. The highest BCUT2D eigenvalue weighted by molar-refractivity contribution is 7.14. The van der Waals surface area contributed by atoms with E-state index >= 15 is 0 Å². The highest BCUT2D eigenvalue weighted by Gasteiger charge is 2.06. The van der Waals surface area contributed by atoms with Gasteiger partial charge in [0.1, 0.15) is 6.07 Å². The van der Waals surface area contributed by atoms with Gasteiger partial charge in [-0.25, -0.2) is 4.98 Å². The van der Waals surface area contributed by atoms with Gasteiger partial charge in [0.25, 0.3) is 0 Å². The Morgan fingerprint density at radius 2 is 2.04 bits per heavy atom. The summed E-state index contributed by atoms with van der Waals surface area (Å²) in [6.07, 6.45) is 1.68. The Labute approximate surface area is 161 Å². The normalized spacial score (nSPS) is 10.5. The highest BCUT2D eigenvalue weighted by atomic mass is 32.1. The minimum atomic E-state index is -0.0249. The summed E-state index contributed by atoms with van der Waals surface area (Å²) in [5, 5.41) is 15.6. The SMILES string of the molecule is CCOc1cc(C=NNc2nc(-c3ccccc3)cs2)ccc1OCC#N. The molecule has 0 bridgehead atoms. The molecular formula is C20H18N4O2S. The van der Waals surface area contributed by atoms with E-state index in [2.05, 4.69) is 15.5 Å². The molecule has 136 valence electrons. The predicted octanol–water partition coefficient (Wildman–Crippen LogP) is 4.56. The second kappa shape index (κ2) is 9.36. The van der Waals surface area contributed by atoms with E-state index in [1.807, 2.05) is 60.8 Å². The second-order valence-corrected chi connectivity index (χ2v) is 6.22. The van der Waals surface area contributed by atoms with E-state index in [0.29, 0.717) is 23.2 Å². The van der Waals surface area contributed by atoms with Crippen molar-refractivity contribution in [2.75, 3.05) is 18.6 Å². The van der Waals surface area contributed by atoms with Crippen molar-refractivity contribution >= 4 is 22.7 Å². The van der Waals surface area contributed by atoms with Gasteiger partial charge in [-0.05, 0) is 30.7 Å². The fraction of sp³-hybridized carbons (Fsp3) is 0.150. The molecule has 3 aromatic rings. The van der Waals surface area contributed by atoms with E-state index in [1.165, 1.54) is 11.3 Å². The monoisotopic (exact) mass is 378 g/mol. The van der Waals surface area contributed by atoms with Crippen LogP contribution in [0.3, 0.4) is 0 Å². The Kier molecular flexibility index (Phi) is 6.39. The summed E-state index contributed by atoms with van der Waals surface area (Å²) >= 11 is 1.49. The van der Waals surface area contributed by atoms with Crippen LogP contribution in [0.15, 0.2) is 59.0 Å². The molecule has 6 nitrogen and oxygen atoms in total. The molecule has 0 amide bonds. The number of nitrogens with one attached hydrogen (secondary N) is 1. The van der Waals surface area contributed by atoms with Crippen molar-refractivity contribution in [3.05, 3.63) is 59.5 Å². The fourth-order valence-corrected chi connectivity index (χ4v) is 3.00. The van der Waals surface area contributed by atoms with Gasteiger partial charge in [0.05, 0.1) is 18.5 Å². The third-order valence-electron chi connectivity index (χ3n) is 3.51. The lowest BCUT2D eigenvalue weighted by atomic mass is 10.2. The highest BCUT2D eigenvalue weighted by Crippen LogP contribution is 2.28. The summed E-state index contributed by atoms with van der Waals surface area (Å²) in [5.41, 5.74) is 5.77. The van der Waals surface area contributed by atoms with Crippen LogP contribution in [-0.4, -0.2) is 24.4 Å². The molecule has 3 rings (SSSR count). The lowest BCUT2D eigenvalue weighted by Crippen LogP contribution is -2.00. The zero-order chi connectivity index (χ0) is 18.9. The molecule has 0 saturated carbocycles. The van der Waals surface area contributed by atoms with Crippen molar-refractivity contribution in [3.63, 3.8) is 0 Å². The number of aromatic nitrogens is 1. The molecule has 1 heterocycles. The summed E-state index contributed by atoms with van der Waals surface area (Å²) in [6.45, 7) is 2.37. The first-order chi connectivity index (χ1) is 13.3. The number of nitrogens with zero attached hydrogens (tertiary/aromatic N) is 3. The lowest BCUT2D eigenvalue weighted by molar-refractivity contribution is 0.298. The zero-order valence-electron chi connectivity index (χ0n) is 14.8. The Bertz CT molecular complexity index is 948. The van der Waals surface area contributed by atoms with Crippen LogP contribution >= 0.6 is 11.3 Å². The summed E-state index contributed by atoms with van der Waals surface area (Å²) in [7, 11) is 0. The molecule has 0 unspecified atom stereocenters. The van der Waals surface area contributed by atoms with E-state index in [-0.39, 0.29) is 6.61 Å². The average molecular weight is 378 g/mol. The van der Waals surface area contributed by atoms with Crippen molar-refractivity contribution in [1.29, 1.82) is 5.26 Å². The largest absolute Gasteiger partial charge is 0.490 e. The van der Waals surface area contributed by atoms with E-state index in [9.17, 15) is 0 Å². The molecule has 1 N–H and O–H groups in total. The second-order valence-electron chi connectivity index (χ2n) is 5.36. The minimum Gasteiger partial charge on any atom is -0.490 e. The summed E-state index contributed by atoms with van der Waals surface area (Å²) in [4.78, 5) is 4.52. The third kappa shape index (κ3) is 5.06. The maximum absolute atomic E-state index is 8.65. The quantitative estimate of drug-likeness (QED) is 0.459. The smallest absolute Gasteiger partial charge is 0.203 e. The first kappa shape index (κ1) is 18.4. The first-order valence-corrected chi connectivity index (χ1v) is 9.24. The van der Waals surface area contributed by atoms with Gasteiger partial charge in [-0.1, -0.05) is 30.3 Å². The number of rotatable bonds is 8. The maximum atomic E-state index is 8.65. The van der Waals surface area contributed by atoms with Crippen LogP contribution in [0.5, 0.6) is 11.5 Å². The minimum absolute atomic E-state index is 0.0249. The van der Waals surface area contributed by atoms with E-state index in [1.54, 1.807) is 12.3 Å². The average Bonchev–Trinajstić information content (AvgIpc) is 3.17. The van der Waals surface area contributed by atoms with Crippen LogP contribution in [0.2, 0.25) is 0 Å². The number of ether oxygens (including phenoxy) is 2. The molecule has 0 spiro atoms. The maximum Gasteiger partial charge on any atom is 0.203 e. The Morgan fingerprint density at radius 1 is 1.19 bits per heavy atom. The topological polar surface area (TPSA) is 79.5 Å². The summed E-state index contributed by atoms with van der Waals surface area (Å²) < 4.78 is 10.9. The Morgan fingerprint density at radius 3 is 2.81 bits per heavy atom. The van der Waals surface area contributed by atoms with Crippen LogP contribution in [-0.2, 0) is 0 Å². The van der Waals surface area contributed by atoms with Gasteiger partial charge in [0.15, 0.2) is 18.1 Å². The van der Waals surface area contributed by atoms with Gasteiger partial charge < -0.3 is 9.47 Å². The van der Waals surface area contributed by atoms with Crippen molar-refractivity contribution in [3.8, 4) is 28.8 Å². The van der Waals surface area contributed by atoms with Gasteiger partial charge in [0, 0.05) is 10.9 Å². The number of nitriles is 1. The molecule has 27 heavy (non-hydrogen) atoms. The zero-order valence-corrected chi connectivity index (χ0v) is 15.6. The molecule has 0 aliphatic heterocycles. The Balaban J connectivity index is 1.67. The molecule has 2 aromatic carbocycles. The fourth-order valence-electron chi connectivity index (χ4n) is 2.33. The van der Waals surface area contributed by atoms with Gasteiger partial charge >= 0.3 is 0 Å². The standard InChI is InChI=1S/C20H18N4O2S/c1-2-25-19-12-15(8-9-18(19)26-11-10-21)13-22-24-20-23-17(14-27-20)16-6-4-3-5-7-16/h3-9,12-14H,2,11H2,1H3,(H,23,24). The van der Waals surface area contributed by atoms with Crippen LogP contribution < -0.4 is 14.9 Å². The van der Waals surface area contributed by atoms with Crippen LogP contribution in [0.25, 0.3) is 11.3 Å². The molecule has 0 saturated heterocycles. The molecule has 0 fully saturated rings. The van der Waals surface area contributed by atoms with Crippen LogP contribution in [0, 0.1) is 11.3 Å².